The summed E-state index contributed by atoms with van der Waals surface area (Å²) >= 11 is 0. The summed E-state index contributed by atoms with van der Waals surface area (Å²) in [6.07, 6.45) is 0. The van der Waals surface area contributed by atoms with E-state index in [1.807, 2.05) is 66.7 Å². The van der Waals surface area contributed by atoms with Gasteiger partial charge in [-0.25, -0.2) is 19.7 Å². The molecule has 0 amide bonds. The third kappa shape index (κ3) is 7.13. The van der Waals surface area contributed by atoms with Gasteiger partial charge in [-0.05, 0) is 126 Å². The molecule has 0 saturated heterocycles. The number of para-hydroxylation sites is 4. The van der Waals surface area contributed by atoms with Crippen molar-refractivity contribution >= 4 is 76.8 Å². The number of nitriles is 2. The van der Waals surface area contributed by atoms with Crippen molar-refractivity contribution in [3.8, 4) is 74.2 Å². The molecule has 14 aromatic rings. The minimum atomic E-state index is 0.351. The normalized spacial score (nSPS) is 11.3. The Hall–Kier alpha value is -11.4. The molecular formula is C68H37N9. The van der Waals surface area contributed by atoms with E-state index in [0.29, 0.717) is 45.4 Å². The summed E-state index contributed by atoms with van der Waals surface area (Å²) < 4.78 is 6.76. The van der Waals surface area contributed by atoms with Crippen molar-refractivity contribution in [1.82, 2.24) is 23.7 Å². The summed E-state index contributed by atoms with van der Waals surface area (Å²) in [4.78, 5) is 18.3. The first-order chi connectivity index (χ1) is 38.0. The predicted molar refractivity (Wildman–Crippen MR) is 309 cm³/mol. The lowest BCUT2D eigenvalue weighted by atomic mass is 9.99. The number of hydrogen-bond acceptors (Lipinski definition) is 4. The summed E-state index contributed by atoms with van der Waals surface area (Å²) in [7, 11) is 0. The van der Waals surface area contributed by atoms with Gasteiger partial charge in [0.05, 0.1) is 86.6 Å². The Morgan fingerprint density at radius 1 is 0.338 bits per heavy atom. The number of fused-ring (bicyclic) bond motifs is 9. The highest BCUT2D eigenvalue weighted by atomic mass is 15.0. The minimum absolute atomic E-state index is 0.351. The Balaban J connectivity index is 0.926. The van der Waals surface area contributed by atoms with E-state index in [1.165, 1.54) is 21.5 Å². The largest absolute Gasteiger partial charge is 0.329 e. The molecule has 77 heavy (non-hydrogen) atoms. The van der Waals surface area contributed by atoms with Crippen LogP contribution >= 0.6 is 0 Å². The van der Waals surface area contributed by atoms with Gasteiger partial charge in [-0.2, -0.15) is 10.5 Å². The number of aromatic nitrogens is 5. The second-order valence-electron chi connectivity index (χ2n) is 19.0. The Labute approximate surface area is 441 Å². The van der Waals surface area contributed by atoms with Crippen LogP contribution in [-0.2, 0) is 0 Å². The maximum Gasteiger partial charge on any atom is 0.200 e. The smallest absolute Gasteiger partial charge is 0.200 e. The van der Waals surface area contributed by atoms with Gasteiger partial charge in [0, 0.05) is 60.4 Å². The molecule has 9 heteroatoms. The predicted octanol–water partition coefficient (Wildman–Crippen LogP) is 17.3. The average Bonchev–Trinajstić information content (AvgIpc) is 4.26. The summed E-state index contributed by atoms with van der Waals surface area (Å²) in [5.41, 5.74) is 15.8. The van der Waals surface area contributed by atoms with Gasteiger partial charge in [-0.1, -0.05) is 109 Å². The first kappa shape index (κ1) is 44.3. The second kappa shape index (κ2) is 17.7. The van der Waals surface area contributed by atoms with Crippen LogP contribution in [0.2, 0.25) is 0 Å². The van der Waals surface area contributed by atoms with Crippen LogP contribution in [0.3, 0.4) is 0 Å². The fraction of sp³-hybridized carbons (Fsp3) is 0. The van der Waals surface area contributed by atoms with E-state index in [0.717, 1.165) is 83.1 Å². The molecule has 9 nitrogen and oxygen atoms in total. The molecule has 4 aromatic heterocycles. The Kier molecular flexibility index (Phi) is 10.2. The third-order valence-electron chi connectivity index (χ3n) is 14.8. The lowest BCUT2D eigenvalue weighted by molar-refractivity contribution is 1.17. The molecule has 0 fully saturated rings. The zero-order valence-electron chi connectivity index (χ0n) is 40.9. The van der Waals surface area contributed by atoms with Gasteiger partial charge in [-0.3, -0.25) is 0 Å². The molecule has 0 saturated carbocycles. The zero-order valence-corrected chi connectivity index (χ0v) is 40.9. The SMILES string of the molecule is [C-]#[N+]c1cc(-c2ccc(-c3cc(-c4ccc(C#N)cc4)nc(-c4ccc(C#N)cc4)n3)cc2)cc([N+]#[C-])c1-n1c2ccc(-n3c4ccccc4c4ccccc43)cc2c2cc(-n3c4ccccc4c4ccccc43)ccc21. The summed E-state index contributed by atoms with van der Waals surface area (Å²) in [6.45, 7) is 17.5. The third-order valence-corrected chi connectivity index (χ3v) is 14.8. The molecule has 14 rings (SSSR count). The van der Waals surface area contributed by atoms with Gasteiger partial charge < -0.3 is 13.7 Å². The number of benzene rings is 10. The van der Waals surface area contributed by atoms with Crippen LogP contribution in [0.4, 0.5) is 11.4 Å². The van der Waals surface area contributed by atoms with Crippen molar-refractivity contribution in [3.05, 3.63) is 258 Å². The van der Waals surface area contributed by atoms with E-state index in [1.54, 1.807) is 24.3 Å². The first-order valence-corrected chi connectivity index (χ1v) is 25.0. The second-order valence-corrected chi connectivity index (χ2v) is 19.0. The highest BCUT2D eigenvalue weighted by Crippen LogP contribution is 2.45. The van der Waals surface area contributed by atoms with Crippen molar-refractivity contribution in [1.29, 1.82) is 10.5 Å². The van der Waals surface area contributed by atoms with E-state index < -0.39 is 0 Å². The van der Waals surface area contributed by atoms with Gasteiger partial charge in [0.25, 0.3) is 0 Å². The van der Waals surface area contributed by atoms with Crippen LogP contribution in [0.25, 0.3) is 137 Å². The fourth-order valence-electron chi connectivity index (χ4n) is 11.2. The molecule has 0 atom stereocenters. The van der Waals surface area contributed by atoms with E-state index in [-0.39, 0.29) is 0 Å². The fourth-order valence-corrected chi connectivity index (χ4v) is 11.2. The highest BCUT2D eigenvalue weighted by Gasteiger charge is 2.23. The standard InChI is InChI=1S/C68H37N9/c1-71-59-35-48(44-27-29-46(30-28-44)58-39-57(45-23-19-42(40-69)20-24-45)73-68(74-58)47-25-21-43(41-70)22-26-47)36-60(72-2)67(59)77-65-33-31-49(75-61-15-7-3-11-51(61)52-12-4-8-16-62(52)75)37-55(65)56-38-50(32-34-66(56)77)76-63-17-9-5-13-53(63)54-14-6-10-18-64(54)76/h3-39H. The topological polar surface area (TPSA) is 96.9 Å². The summed E-state index contributed by atoms with van der Waals surface area (Å²) in [6, 6.07) is 79.6. The van der Waals surface area contributed by atoms with Crippen molar-refractivity contribution in [2.24, 2.45) is 0 Å². The van der Waals surface area contributed by atoms with E-state index >= 15 is 0 Å². The highest BCUT2D eigenvalue weighted by molar-refractivity contribution is 6.15. The summed E-state index contributed by atoms with van der Waals surface area (Å²) in [5, 5.41) is 25.6. The first-order valence-electron chi connectivity index (χ1n) is 25.0. The molecule has 0 spiro atoms. The van der Waals surface area contributed by atoms with Crippen molar-refractivity contribution in [3.63, 3.8) is 0 Å². The van der Waals surface area contributed by atoms with Gasteiger partial charge in [0.1, 0.15) is 0 Å². The number of nitrogens with zero attached hydrogens (tertiary/aromatic N) is 9. The lowest BCUT2D eigenvalue weighted by Gasteiger charge is -2.16. The van der Waals surface area contributed by atoms with E-state index in [2.05, 4.69) is 169 Å². The molecule has 0 aliphatic heterocycles. The van der Waals surface area contributed by atoms with Crippen LogP contribution in [0.5, 0.6) is 0 Å². The van der Waals surface area contributed by atoms with Gasteiger partial charge in [-0.15, -0.1) is 0 Å². The maximum atomic E-state index is 9.46. The average molecular weight is 980 g/mol. The van der Waals surface area contributed by atoms with Crippen LogP contribution in [0.15, 0.2) is 224 Å². The van der Waals surface area contributed by atoms with Crippen LogP contribution in [-0.4, -0.2) is 23.7 Å². The molecule has 0 aliphatic carbocycles. The van der Waals surface area contributed by atoms with Crippen LogP contribution in [0.1, 0.15) is 11.1 Å². The molecule has 0 N–H and O–H groups in total. The van der Waals surface area contributed by atoms with Gasteiger partial charge >= 0.3 is 0 Å². The summed E-state index contributed by atoms with van der Waals surface area (Å²) in [5.74, 6) is 0.491. The molecule has 0 aliphatic rings. The molecular weight excluding hydrogens is 943 g/mol. The van der Waals surface area contributed by atoms with Gasteiger partial charge in [0.2, 0.25) is 11.4 Å². The monoisotopic (exact) mass is 979 g/mol. The van der Waals surface area contributed by atoms with Crippen LogP contribution in [0, 0.1) is 35.8 Å². The Morgan fingerprint density at radius 3 is 1.10 bits per heavy atom. The molecule has 354 valence electrons. The quantitative estimate of drug-likeness (QED) is 0.149. The maximum absolute atomic E-state index is 9.46. The van der Waals surface area contributed by atoms with E-state index in [4.69, 9.17) is 23.1 Å². The molecule has 0 radical (unpaired) electrons. The minimum Gasteiger partial charge on any atom is -0.329 e. The zero-order chi connectivity index (χ0) is 51.7. The van der Waals surface area contributed by atoms with Gasteiger partial charge in [0.15, 0.2) is 5.82 Å². The van der Waals surface area contributed by atoms with Crippen molar-refractivity contribution in [2.75, 3.05) is 0 Å². The molecule has 0 unspecified atom stereocenters. The number of hydrogen-bond donors (Lipinski definition) is 0. The Bertz CT molecular complexity index is 4560. The molecule has 4 heterocycles. The van der Waals surface area contributed by atoms with E-state index in [9.17, 15) is 10.5 Å². The molecule has 0 bridgehead atoms. The van der Waals surface area contributed by atoms with Crippen molar-refractivity contribution in [2.45, 2.75) is 0 Å². The Morgan fingerprint density at radius 2 is 0.701 bits per heavy atom. The lowest BCUT2D eigenvalue weighted by Crippen LogP contribution is -1.97. The molecule has 10 aromatic carbocycles. The van der Waals surface area contributed by atoms with Crippen LogP contribution < -0.4 is 0 Å². The van der Waals surface area contributed by atoms with Crippen molar-refractivity contribution < 1.29 is 0 Å². The number of rotatable bonds is 7.